The van der Waals surface area contributed by atoms with Crippen LogP contribution in [0.5, 0.6) is 11.5 Å². The summed E-state index contributed by atoms with van der Waals surface area (Å²) >= 11 is 0. The maximum absolute atomic E-state index is 13.8. The number of rotatable bonds is 6. The van der Waals surface area contributed by atoms with Gasteiger partial charge in [0.1, 0.15) is 17.2 Å². The number of fused-ring (bicyclic) bond motifs is 1. The lowest BCUT2D eigenvalue weighted by Gasteiger charge is -2.22. The molecule has 172 valence electrons. The molecule has 3 aromatic carbocycles. The first kappa shape index (κ1) is 21.8. The summed E-state index contributed by atoms with van der Waals surface area (Å²) in [5.41, 5.74) is 4.13. The first-order chi connectivity index (χ1) is 16.5. The van der Waals surface area contributed by atoms with E-state index in [9.17, 15) is 9.59 Å². The second-order valence-electron chi connectivity index (χ2n) is 8.59. The summed E-state index contributed by atoms with van der Waals surface area (Å²) in [7, 11) is 1.58. The van der Waals surface area contributed by atoms with E-state index in [0.717, 1.165) is 23.4 Å². The first-order valence-corrected chi connectivity index (χ1v) is 11.4. The summed E-state index contributed by atoms with van der Waals surface area (Å²) in [6.07, 6.45) is 0.861. The molecule has 0 N–H and O–H groups in total. The molecule has 2 amide bonds. The lowest BCUT2D eigenvalue weighted by molar-refractivity contribution is -0.120. The zero-order chi connectivity index (χ0) is 23.8. The Hall–Kier alpha value is -4.06. The second kappa shape index (κ2) is 8.71. The minimum atomic E-state index is -0.341. The number of methoxy groups -OCH3 is 1. The van der Waals surface area contributed by atoms with E-state index < -0.39 is 0 Å². The van der Waals surface area contributed by atoms with E-state index in [2.05, 4.69) is 6.07 Å². The molecule has 6 nitrogen and oxygen atoms in total. The van der Waals surface area contributed by atoms with Gasteiger partial charge in [-0.15, -0.1) is 0 Å². The van der Waals surface area contributed by atoms with Crippen molar-refractivity contribution in [2.24, 2.45) is 0 Å². The van der Waals surface area contributed by atoms with Crippen LogP contribution < -0.4 is 19.3 Å². The Morgan fingerprint density at radius 2 is 1.50 bits per heavy atom. The van der Waals surface area contributed by atoms with Crippen molar-refractivity contribution in [3.8, 4) is 11.5 Å². The predicted molar refractivity (Wildman–Crippen MR) is 132 cm³/mol. The maximum atomic E-state index is 13.8. The highest BCUT2D eigenvalue weighted by Crippen LogP contribution is 2.40. The van der Waals surface area contributed by atoms with Crippen molar-refractivity contribution in [3.05, 3.63) is 89.6 Å². The fourth-order valence-corrected chi connectivity index (χ4v) is 4.54. The summed E-state index contributed by atoms with van der Waals surface area (Å²) in [4.78, 5) is 30.8. The van der Waals surface area contributed by atoms with Crippen LogP contribution in [-0.4, -0.2) is 31.6 Å². The van der Waals surface area contributed by atoms with Gasteiger partial charge >= 0.3 is 0 Å². The number of anilines is 2. The fourth-order valence-electron chi connectivity index (χ4n) is 4.54. The van der Waals surface area contributed by atoms with Gasteiger partial charge in [0.05, 0.1) is 24.5 Å². The highest BCUT2D eigenvalue weighted by atomic mass is 16.5. The number of carbonyl (C=O) groups is 2. The Morgan fingerprint density at radius 1 is 0.824 bits per heavy atom. The molecule has 6 heteroatoms. The van der Waals surface area contributed by atoms with Crippen LogP contribution in [0.15, 0.2) is 78.5 Å². The molecule has 2 aliphatic heterocycles. The standard InChI is InChI=1S/C28H26N2O4/c1-18(2)34-23-12-8-20(9-13-23)25-26(29-17-16-19-6-4-5-7-24(19)29)28(32)30(27(25)31)21-10-14-22(33-3)15-11-21/h4-15,18H,16-17H2,1-3H3. The molecule has 3 aromatic rings. The van der Waals surface area contributed by atoms with Crippen molar-refractivity contribution >= 4 is 28.8 Å². The minimum absolute atomic E-state index is 0.0435. The molecule has 2 heterocycles. The van der Waals surface area contributed by atoms with Crippen LogP contribution in [0.2, 0.25) is 0 Å². The van der Waals surface area contributed by atoms with E-state index in [4.69, 9.17) is 9.47 Å². The van der Waals surface area contributed by atoms with Gasteiger partial charge in [0.15, 0.2) is 0 Å². The average Bonchev–Trinajstić information content (AvgIpc) is 3.37. The Bertz CT molecular complexity index is 1280. The Balaban J connectivity index is 1.61. The summed E-state index contributed by atoms with van der Waals surface area (Å²) in [5, 5.41) is 0. The molecule has 2 aliphatic rings. The van der Waals surface area contributed by atoms with Crippen LogP contribution in [0.3, 0.4) is 0 Å². The molecule has 0 atom stereocenters. The second-order valence-corrected chi connectivity index (χ2v) is 8.59. The largest absolute Gasteiger partial charge is 0.497 e. The first-order valence-electron chi connectivity index (χ1n) is 11.4. The van der Waals surface area contributed by atoms with Crippen LogP contribution in [0, 0.1) is 0 Å². The molecule has 0 unspecified atom stereocenters. The number of ether oxygens (including phenoxy) is 2. The molecule has 5 rings (SSSR count). The molecule has 0 fully saturated rings. The number of benzene rings is 3. The van der Waals surface area contributed by atoms with E-state index in [1.807, 2.05) is 61.2 Å². The molecule has 0 spiro atoms. The Labute approximate surface area is 199 Å². The maximum Gasteiger partial charge on any atom is 0.282 e. The fraction of sp³-hybridized carbons (Fsp3) is 0.214. The van der Waals surface area contributed by atoms with Crippen LogP contribution in [0.1, 0.15) is 25.0 Å². The number of amides is 2. The lowest BCUT2D eigenvalue weighted by atomic mass is 10.0. The third-order valence-electron chi connectivity index (χ3n) is 6.06. The Morgan fingerprint density at radius 3 is 2.18 bits per heavy atom. The molecule has 0 bridgehead atoms. The summed E-state index contributed by atoms with van der Waals surface area (Å²) in [6.45, 7) is 4.57. The van der Waals surface area contributed by atoms with Crippen LogP contribution in [0.4, 0.5) is 11.4 Å². The summed E-state index contributed by atoms with van der Waals surface area (Å²) in [6, 6.07) is 22.3. The quantitative estimate of drug-likeness (QED) is 0.500. The van der Waals surface area contributed by atoms with E-state index in [1.54, 1.807) is 31.4 Å². The van der Waals surface area contributed by atoms with Gasteiger partial charge < -0.3 is 14.4 Å². The number of nitrogens with zero attached hydrogens (tertiary/aromatic N) is 2. The van der Waals surface area contributed by atoms with Gasteiger partial charge in [0, 0.05) is 12.2 Å². The molecule has 0 aliphatic carbocycles. The molecule has 0 aromatic heterocycles. The topological polar surface area (TPSA) is 59.1 Å². The Kier molecular flexibility index (Phi) is 5.57. The van der Waals surface area contributed by atoms with Crippen LogP contribution >= 0.6 is 0 Å². The van der Waals surface area contributed by atoms with Crippen molar-refractivity contribution in [2.45, 2.75) is 26.4 Å². The summed E-state index contributed by atoms with van der Waals surface area (Å²) < 4.78 is 11.0. The van der Waals surface area contributed by atoms with Crippen molar-refractivity contribution in [2.75, 3.05) is 23.5 Å². The number of hydrogen-bond acceptors (Lipinski definition) is 5. The minimum Gasteiger partial charge on any atom is -0.497 e. The SMILES string of the molecule is COc1ccc(N2C(=O)C(c3ccc(OC(C)C)cc3)=C(N3CCc4ccccc43)C2=O)cc1. The van der Waals surface area contributed by atoms with E-state index in [-0.39, 0.29) is 17.9 Å². The molecule has 0 saturated heterocycles. The van der Waals surface area contributed by atoms with Gasteiger partial charge in [0.2, 0.25) is 0 Å². The zero-order valence-corrected chi connectivity index (χ0v) is 19.4. The molecule has 0 saturated carbocycles. The van der Waals surface area contributed by atoms with Gasteiger partial charge in [-0.1, -0.05) is 30.3 Å². The van der Waals surface area contributed by atoms with Gasteiger partial charge in [-0.2, -0.15) is 0 Å². The molecule has 0 radical (unpaired) electrons. The normalized spacial score (nSPS) is 15.4. The molecule has 34 heavy (non-hydrogen) atoms. The number of imide groups is 1. The van der Waals surface area contributed by atoms with E-state index in [1.165, 1.54) is 4.90 Å². The van der Waals surface area contributed by atoms with Crippen molar-refractivity contribution in [3.63, 3.8) is 0 Å². The third-order valence-corrected chi connectivity index (χ3v) is 6.06. The molecular formula is C28H26N2O4. The average molecular weight is 455 g/mol. The zero-order valence-electron chi connectivity index (χ0n) is 19.4. The van der Waals surface area contributed by atoms with Gasteiger partial charge in [0.25, 0.3) is 11.8 Å². The van der Waals surface area contributed by atoms with Crippen LogP contribution in [0.25, 0.3) is 5.57 Å². The number of hydrogen-bond donors (Lipinski definition) is 0. The monoisotopic (exact) mass is 454 g/mol. The lowest BCUT2D eigenvalue weighted by Crippen LogP contribution is -2.34. The van der Waals surface area contributed by atoms with Gasteiger partial charge in [-0.25, -0.2) is 4.90 Å². The number of para-hydroxylation sites is 1. The summed E-state index contributed by atoms with van der Waals surface area (Å²) in [5.74, 6) is 0.707. The highest BCUT2D eigenvalue weighted by molar-refractivity contribution is 6.46. The van der Waals surface area contributed by atoms with Crippen molar-refractivity contribution in [1.82, 2.24) is 0 Å². The predicted octanol–water partition coefficient (Wildman–Crippen LogP) is 4.83. The number of carbonyl (C=O) groups excluding carboxylic acids is 2. The van der Waals surface area contributed by atoms with Crippen LogP contribution in [-0.2, 0) is 16.0 Å². The smallest absolute Gasteiger partial charge is 0.282 e. The third kappa shape index (κ3) is 3.71. The van der Waals surface area contributed by atoms with Crippen molar-refractivity contribution in [1.29, 1.82) is 0 Å². The van der Waals surface area contributed by atoms with E-state index >= 15 is 0 Å². The van der Waals surface area contributed by atoms with Gasteiger partial charge in [-0.3, -0.25) is 9.59 Å². The van der Waals surface area contributed by atoms with Crippen molar-refractivity contribution < 1.29 is 19.1 Å². The van der Waals surface area contributed by atoms with E-state index in [0.29, 0.717) is 34.8 Å². The van der Waals surface area contributed by atoms with Gasteiger partial charge in [-0.05, 0) is 73.9 Å². The highest BCUT2D eigenvalue weighted by Gasteiger charge is 2.44. The molecular weight excluding hydrogens is 428 g/mol.